The molecule has 0 aliphatic rings. The standard InChI is InChI=1S/C2H2BrClF2/c3-2(4,6)1-5/h1H2. The van der Waals surface area contributed by atoms with Crippen molar-refractivity contribution in [2.45, 2.75) is 4.04 Å². The van der Waals surface area contributed by atoms with Crippen molar-refractivity contribution in [2.24, 2.45) is 0 Å². The average molecular weight is 179 g/mol. The molecule has 6 heavy (non-hydrogen) atoms. The van der Waals surface area contributed by atoms with E-state index in [2.05, 4.69) is 27.5 Å². The van der Waals surface area contributed by atoms with E-state index in [1.54, 1.807) is 0 Å². The highest BCUT2D eigenvalue weighted by Gasteiger charge is 2.19. The minimum Gasteiger partial charge on any atom is -0.245 e. The molecule has 0 aliphatic carbocycles. The summed E-state index contributed by atoms with van der Waals surface area (Å²) < 4.78 is 20.0. The molecule has 0 radical (unpaired) electrons. The molecule has 0 rings (SSSR count). The Bertz CT molecular complexity index is 41.3. The van der Waals surface area contributed by atoms with Crippen molar-refractivity contribution in [3.63, 3.8) is 0 Å². The van der Waals surface area contributed by atoms with Gasteiger partial charge in [0.15, 0.2) is 0 Å². The van der Waals surface area contributed by atoms with E-state index in [9.17, 15) is 8.78 Å². The zero-order valence-electron chi connectivity index (χ0n) is 2.72. The lowest BCUT2D eigenvalue weighted by atomic mass is 10.9. The smallest absolute Gasteiger partial charge is 0.245 e. The highest BCUT2D eigenvalue weighted by molar-refractivity contribution is 9.10. The Balaban J connectivity index is 3.17. The molecule has 0 nitrogen and oxygen atoms in total. The van der Waals surface area contributed by atoms with Crippen LogP contribution >= 0.6 is 27.5 Å². The van der Waals surface area contributed by atoms with Crippen LogP contribution < -0.4 is 0 Å². The van der Waals surface area contributed by atoms with Crippen LogP contribution in [0.25, 0.3) is 0 Å². The third-order valence-electron chi connectivity index (χ3n) is 0.152. The van der Waals surface area contributed by atoms with Gasteiger partial charge in [0.05, 0.1) is 0 Å². The summed E-state index contributed by atoms with van der Waals surface area (Å²) in [5, 5.41) is 0. The largest absolute Gasteiger partial charge is 0.265 e. The maximum Gasteiger partial charge on any atom is 0.265 e. The normalized spacial score (nSPS) is 20.0. The quantitative estimate of drug-likeness (QED) is 0.542. The second-order valence-electron chi connectivity index (χ2n) is 0.749. The maximum absolute atomic E-state index is 11.4. The van der Waals surface area contributed by atoms with Gasteiger partial charge in [-0.25, -0.2) is 8.78 Å². The summed E-state index contributed by atoms with van der Waals surface area (Å²) in [6.07, 6.45) is 0. The molecule has 0 spiro atoms. The summed E-state index contributed by atoms with van der Waals surface area (Å²) in [5.74, 6) is 0. The van der Waals surface area contributed by atoms with Crippen LogP contribution in [0, 0.1) is 0 Å². The molecule has 0 aliphatic heterocycles. The zero-order chi connectivity index (χ0) is 5.21. The number of hydrogen-bond donors (Lipinski definition) is 0. The topological polar surface area (TPSA) is 0 Å². The van der Waals surface area contributed by atoms with Gasteiger partial charge in [-0.05, 0) is 15.9 Å². The van der Waals surface area contributed by atoms with E-state index in [0.29, 0.717) is 0 Å². The van der Waals surface area contributed by atoms with E-state index in [4.69, 9.17) is 0 Å². The highest BCUT2D eigenvalue weighted by atomic mass is 79.9. The molecular formula is C2H2BrClF2. The van der Waals surface area contributed by atoms with Gasteiger partial charge in [-0.3, -0.25) is 0 Å². The Morgan fingerprint density at radius 2 is 2.00 bits per heavy atom. The number of hydrogen-bond acceptors (Lipinski definition) is 0. The molecule has 0 bridgehead atoms. The molecule has 38 valence electrons. The van der Waals surface area contributed by atoms with Gasteiger partial charge in [-0.15, -0.1) is 0 Å². The Hall–Kier alpha value is 0.630. The van der Waals surface area contributed by atoms with Crippen LogP contribution in [0.3, 0.4) is 0 Å². The predicted molar refractivity (Wildman–Crippen MR) is 24.6 cm³/mol. The van der Waals surface area contributed by atoms with Gasteiger partial charge in [0.2, 0.25) is 0 Å². The van der Waals surface area contributed by atoms with Crippen molar-refractivity contribution < 1.29 is 8.78 Å². The third kappa shape index (κ3) is 4.63. The van der Waals surface area contributed by atoms with E-state index in [1.807, 2.05) is 0 Å². The van der Waals surface area contributed by atoms with Crippen molar-refractivity contribution in [1.29, 1.82) is 0 Å². The molecule has 1 atom stereocenters. The van der Waals surface area contributed by atoms with Gasteiger partial charge in [0, 0.05) is 0 Å². The molecule has 0 saturated heterocycles. The van der Waals surface area contributed by atoms with Crippen LogP contribution in [0.2, 0.25) is 0 Å². The van der Waals surface area contributed by atoms with Crippen molar-refractivity contribution in [1.82, 2.24) is 0 Å². The summed E-state index contributed by atoms with van der Waals surface area (Å²) >= 11 is 6.79. The van der Waals surface area contributed by atoms with Crippen LogP contribution in [0.4, 0.5) is 8.78 Å². The summed E-state index contributed by atoms with van der Waals surface area (Å²) in [5.41, 5.74) is 0. The average Bonchev–Trinajstić information content (AvgIpc) is 1.35. The highest BCUT2D eigenvalue weighted by Crippen LogP contribution is 2.24. The first-order chi connectivity index (χ1) is 2.56. The molecule has 0 aromatic rings. The van der Waals surface area contributed by atoms with E-state index in [1.165, 1.54) is 0 Å². The van der Waals surface area contributed by atoms with Crippen molar-refractivity contribution in [3.05, 3.63) is 0 Å². The molecule has 0 fully saturated rings. The van der Waals surface area contributed by atoms with Crippen LogP contribution in [0.15, 0.2) is 0 Å². The Morgan fingerprint density at radius 3 is 2.00 bits per heavy atom. The first kappa shape index (κ1) is 6.63. The summed E-state index contributed by atoms with van der Waals surface area (Å²) in [7, 11) is 0. The lowest BCUT2D eigenvalue weighted by Gasteiger charge is -1.98. The SMILES string of the molecule is FCC(F)(Cl)Br. The van der Waals surface area contributed by atoms with Gasteiger partial charge in [0.1, 0.15) is 6.67 Å². The van der Waals surface area contributed by atoms with Crippen LogP contribution in [0.5, 0.6) is 0 Å². The maximum atomic E-state index is 11.4. The fourth-order valence-electron chi connectivity index (χ4n) is 0. The van der Waals surface area contributed by atoms with Crippen LogP contribution in [-0.4, -0.2) is 10.7 Å². The second-order valence-corrected chi connectivity index (χ2v) is 3.06. The lowest BCUT2D eigenvalue weighted by Crippen LogP contribution is -2.03. The van der Waals surface area contributed by atoms with Gasteiger partial charge < -0.3 is 0 Å². The summed E-state index contributed by atoms with van der Waals surface area (Å²) in [6.45, 7) is -1.21. The molecule has 0 saturated carbocycles. The van der Waals surface area contributed by atoms with Gasteiger partial charge >= 0.3 is 0 Å². The number of halogens is 4. The molecule has 1 unspecified atom stereocenters. The molecular weight excluding hydrogens is 177 g/mol. The molecule has 0 amide bonds. The van der Waals surface area contributed by atoms with Gasteiger partial charge in [-0.2, -0.15) is 0 Å². The van der Waals surface area contributed by atoms with Crippen molar-refractivity contribution in [3.8, 4) is 0 Å². The molecule has 0 aromatic heterocycles. The van der Waals surface area contributed by atoms with E-state index < -0.39 is 10.7 Å². The second kappa shape index (κ2) is 2.07. The minimum absolute atomic E-state index is 1.21. The molecule has 4 heteroatoms. The third-order valence-corrected chi connectivity index (χ3v) is 0.464. The molecule has 0 heterocycles. The molecule has 0 aromatic carbocycles. The molecule has 0 N–H and O–H groups in total. The fraction of sp³-hybridized carbons (Fsp3) is 1.00. The van der Waals surface area contributed by atoms with Crippen LogP contribution in [0.1, 0.15) is 0 Å². The van der Waals surface area contributed by atoms with E-state index in [-0.39, 0.29) is 0 Å². The first-order valence-corrected chi connectivity index (χ1v) is 2.36. The van der Waals surface area contributed by atoms with Crippen molar-refractivity contribution in [2.75, 3.05) is 6.67 Å². The van der Waals surface area contributed by atoms with Crippen molar-refractivity contribution >= 4 is 27.5 Å². The Kier molecular flexibility index (Phi) is 2.29. The van der Waals surface area contributed by atoms with Gasteiger partial charge in [0.25, 0.3) is 4.04 Å². The van der Waals surface area contributed by atoms with Gasteiger partial charge in [-0.1, -0.05) is 11.6 Å². The first-order valence-electron chi connectivity index (χ1n) is 1.19. The number of alkyl halides is 4. The predicted octanol–water partition coefficient (Wildman–Crippen LogP) is 2.21. The Labute approximate surface area is 47.6 Å². The van der Waals surface area contributed by atoms with Crippen LogP contribution in [-0.2, 0) is 0 Å². The summed E-state index contributed by atoms with van der Waals surface area (Å²) in [6, 6.07) is 0. The fourth-order valence-corrected chi connectivity index (χ4v) is 0. The Morgan fingerprint density at radius 1 is 1.83 bits per heavy atom. The van der Waals surface area contributed by atoms with E-state index in [0.717, 1.165) is 0 Å². The lowest BCUT2D eigenvalue weighted by molar-refractivity contribution is 0.317. The zero-order valence-corrected chi connectivity index (χ0v) is 5.06. The monoisotopic (exact) mass is 178 g/mol. The summed E-state index contributed by atoms with van der Waals surface area (Å²) in [4.78, 5) is 0. The minimum atomic E-state index is -2.34. The number of rotatable bonds is 1. The van der Waals surface area contributed by atoms with E-state index >= 15 is 0 Å².